The van der Waals surface area contributed by atoms with Crippen molar-refractivity contribution in [3.8, 4) is 0 Å². The second-order valence-corrected chi connectivity index (χ2v) is 6.53. The molecule has 1 aliphatic rings. The van der Waals surface area contributed by atoms with Crippen molar-refractivity contribution in [1.82, 2.24) is 0 Å². The van der Waals surface area contributed by atoms with Gasteiger partial charge in [0.15, 0.2) is 0 Å². The first-order valence-electron chi connectivity index (χ1n) is 5.07. The highest BCUT2D eigenvalue weighted by atomic mass is 28.3. The van der Waals surface area contributed by atoms with Crippen LogP contribution in [0.2, 0.25) is 6.04 Å². The van der Waals surface area contributed by atoms with Crippen LogP contribution in [0.4, 0.5) is 0 Å². The lowest BCUT2D eigenvalue weighted by atomic mass is 10.5. The van der Waals surface area contributed by atoms with Crippen LogP contribution in [0.15, 0.2) is 0 Å². The predicted molar refractivity (Wildman–Crippen MR) is 54.4 cm³/mol. The Morgan fingerprint density at radius 1 is 1.54 bits per heavy atom. The van der Waals surface area contributed by atoms with E-state index in [9.17, 15) is 0 Å². The van der Waals surface area contributed by atoms with E-state index in [1.54, 1.807) is 7.11 Å². The molecule has 0 aliphatic carbocycles. The molecule has 78 valence electrons. The summed E-state index contributed by atoms with van der Waals surface area (Å²) in [6.07, 6.45) is 1.43. The van der Waals surface area contributed by atoms with Crippen LogP contribution in [-0.2, 0) is 13.9 Å². The van der Waals surface area contributed by atoms with Crippen LogP contribution < -0.4 is 0 Å². The molecule has 0 N–H and O–H groups in total. The number of hydrogen-bond acceptors (Lipinski definition) is 3. The van der Waals surface area contributed by atoms with E-state index in [0.717, 1.165) is 25.7 Å². The minimum Gasteiger partial charge on any atom is -0.421 e. The maximum absolute atomic E-state index is 5.77. The van der Waals surface area contributed by atoms with Gasteiger partial charge >= 0.3 is 0 Å². The van der Waals surface area contributed by atoms with Crippen LogP contribution in [0.25, 0.3) is 0 Å². The fourth-order valence-corrected chi connectivity index (χ4v) is 3.48. The molecule has 3 unspecified atom stereocenters. The summed E-state index contributed by atoms with van der Waals surface area (Å²) >= 11 is 0. The Kier molecular flexibility index (Phi) is 4.94. The van der Waals surface area contributed by atoms with Crippen molar-refractivity contribution in [2.24, 2.45) is 0 Å². The Morgan fingerprint density at radius 2 is 2.23 bits per heavy atom. The summed E-state index contributed by atoms with van der Waals surface area (Å²) in [5, 5.41) is 0. The smallest absolute Gasteiger partial charge is 0.204 e. The van der Waals surface area contributed by atoms with Crippen LogP contribution in [0, 0.1) is 0 Å². The van der Waals surface area contributed by atoms with Gasteiger partial charge in [-0.05, 0) is 12.5 Å². The van der Waals surface area contributed by atoms with Crippen LogP contribution in [0.1, 0.15) is 20.3 Å². The summed E-state index contributed by atoms with van der Waals surface area (Å²) in [6, 6.07) is 1.14. The molecule has 0 aromatic heterocycles. The number of ether oxygens (including phenoxy) is 2. The van der Waals surface area contributed by atoms with Crippen molar-refractivity contribution in [1.29, 1.82) is 0 Å². The second-order valence-electron chi connectivity index (χ2n) is 3.42. The number of rotatable bonds is 7. The monoisotopic (exact) mass is 204 g/mol. The fourth-order valence-electron chi connectivity index (χ4n) is 1.46. The van der Waals surface area contributed by atoms with E-state index in [1.165, 1.54) is 0 Å². The molecule has 1 rings (SSSR count). The first kappa shape index (κ1) is 11.2. The molecule has 4 heteroatoms. The zero-order valence-corrected chi connectivity index (χ0v) is 9.94. The van der Waals surface area contributed by atoms with Crippen molar-refractivity contribution in [3.05, 3.63) is 0 Å². The van der Waals surface area contributed by atoms with E-state index in [2.05, 4.69) is 13.8 Å². The topological polar surface area (TPSA) is 31.0 Å². The molecular formula is C9H20O3Si. The molecule has 3 atom stereocenters. The van der Waals surface area contributed by atoms with Crippen LogP contribution in [-0.4, -0.2) is 41.2 Å². The Morgan fingerprint density at radius 3 is 2.62 bits per heavy atom. The summed E-state index contributed by atoms with van der Waals surface area (Å²) in [4.78, 5) is 0. The second kappa shape index (κ2) is 5.75. The first-order chi connectivity index (χ1) is 6.31. The van der Waals surface area contributed by atoms with Crippen molar-refractivity contribution >= 4 is 9.04 Å². The van der Waals surface area contributed by atoms with Gasteiger partial charge in [-0.2, -0.15) is 0 Å². The van der Waals surface area contributed by atoms with Gasteiger partial charge in [0.25, 0.3) is 0 Å². The zero-order valence-electron chi connectivity index (χ0n) is 8.79. The van der Waals surface area contributed by atoms with E-state index < -0.39 is 9.04 Å². The summed E-state index contributed by atoms with van der Waals surface area (Å²) in [5.74, 6) is 0. The highest BCUT2D eigenvalue weighted by molar-refractivity contribution is 6.53. The normalized spacial score (nSPS) is 25.6. The minimum absolute atomic E-state index is 0.360. The molecule has 3 nitrogen and oxygen atoms in total. The van der Waals surface area contributed by atoms with E-state index >= 15 is 0 Å². The quantitative estimate of drug-likeness (QED) is 0.460. The van der Waals surface area contributed by atoms with E-state index in [4.69, 9.17) is 13.9 Å². The summed E-state index contributed by atoms with van der Waals surface area (Å²) in [5.41, 5.74) is 0.360. The van der Waals surface area contributed by atoms with E-state index in [-0.39, 0.29) is 0 Å². The highest BCUT2D eigenvalue weighted by Gasteiger charge is 2.27. The summed E-state index contributed by atoms with van der Waals surface area (Å²) in [7, 11) is 0.690. The lowest BCUT2D eigenvalue weighted by Gasteiger charge is -2.22. The maximum atomic E-state index is 5.77. The van der Waals surface area contributed by atoms with Crippen LogP contribution in [0.5, 0.6) is 0 Å². The molecule has 0 aromatic carbocycles. The molecule has 1 heterocycles. The third-order valence-electron chi connectivity index (χ3n) is 2.42. The predicted octanol–water partition coefficient (Wildman–Crippen LogP) is 1.11. The average Bonchev–Trinajstić information content (AvgIpc) is 2.96. The van der Waals surface area contributed by atoms with E-state index in [0.29, 0.717) is 11.8 Å². The lowest BCUT2D eigenvalue weighted by Crippen LogP contribution is -2.35. The molecule has 0 bridgehead atoms. The molecular weight excluding hydrogens is 184 g/mol. The van der Waals surface area contributed by atoms with Gasteiger partial charge in [0.2, 0.25) is 9.04 Å². The Balaban J connectivity index is 2.21. The van der Waals surface area contributed by atoms with Gasteiger partial charge in [0, 0.05) is 7.11 Å². The Labute approximate surface area is 82.1 Å². The maximum Gasteiger partial charge on any atom is 0.204 e. The van der Waals surface area contributed by atoms with Gasteiger partial charge in [0.05, 0.1) is 18.9 Å². The minimum atomic E-state index is -1.12. The Hall–Kier alpha value is 0.0969. The molecule has 1 aliphatic heterocycles. The third kappa shape index (κ3) is 3.77. The van der Waals surface area contributed by atoms with Crippen LogP contribution >= 0.6 is 0 Å². The van der Waals surface area contributed by atoms with Gasteiger partial charge in [-0.25, -0.2) is 0 Å². The lowest BCUT2D eigenvalue weighted by molar-refractivity contribution is 0.0749. The molecule has 1 fully saturated rings. The SMILES string of the molecule is CCC(OCC1CO1)[SiH](CC)OC. The van der Waals surface area contributed by atoms with E-state index in [1.807, 2.05) is 0 Å². The molecule has 1 saturated heterocycles. The number of epoxide rings is 1. The zero-order chi connectivity index (χ0) is 9.68. The molecule has 0 aromatic rings. The fraction of sp³-hybridized carbons (Fsp3) is 1.00. The van der Waals surface area contributed by atoms with Gasteiger partial charge in [-0.3, -0.25) is 0 Å². The van der Waals surface area contributed by atoms with Crippen molar-refractivity contribution in [2.45, 2.75) is 38.1 Å². The molecule has 0 saturated carbocycles. The van der Waals surface area contributed by atoms with Gasteiger partial charge < -0.3 is 13.9 Å². The van der Waals surface area contributed by atoms with Gasteiger partial charge in [-0.15, -0.1) is 0 Å². The standard InChI is InChI=1S/C9H20O3Si/c1-4-9(13(5-2)10-3)12-7-8-6-11-8/h8-9,13H,4-7H2,1-3H3. The molecule has 0 spiro atoms. The average molecular weight is 204 g/mol. The third-order valence-corrected chi connectivity index (χ3v) is 5.32. The van der Waals surface area contributed by atoms with Gasteiger partial charge in [0.1, 0.15) is 6.10 Å². The van der Waals surface area contributed by atoms with Crippen molar-refractivity contribution < 1.29 is 13.9 Å². The first-order valence-corrected chi connectivity index (χ1v) is 7.03. The largest absolute Gasteiger partial charge is 0.421 e. The number of hydrogen-bond donors (Lipinski definition) is 0. The summed E-state index contributed by atoms with van der Waals surface area (Å²) < 4.78 is 16.3. The highest BCUT2D eigenvalue weighted by Crippen LogP contribution is 2.13. The molecule has 0 radical (unpaired) electrons. The molecule has 0 amide bonds. The van der Waals surface area contributed by atoms with Gasteiger partial charge in [-0.1, -0.05) is 13.8 Å². The van der Waals surface area contributed by atoms with Crippen molar-refractivity contribution in [3.63, 3.8) is 0 Å². The van der Waals surface area contributed by atoms with Crippen molar-refractivity contribution in [2.75, 3.05) is 20.3 Å². The Bertz CT molecular complexity index is 135. The van der Waals surface area contributed by atoms with Crippen LogP contribution in [0.3, 0.4) is 0 Å². The summed E-state index contributed by atoms with van der Waals surface area (Å²) in [6.45, 7) is 5.97. The molecule has 13 heavy (non-hydrogen) atoms.